The van der Waals surface area contributed by atoms with Gasteiger partial charge in [-0.15, -0.1) is 0 Å². The Morgan fingerprint density at radius 2 is 1.53 bits per heavy atom. The molecule has 0 radical (unpaired) electrons. The maximum absolute atomic E-state index is 11.9. The number of rotatable bonds is 0. The number of amides is 2. The van der Waals surface area contributed by atoms with E-state index < -0.39 is 0 Å². The Hall–Kier alpha value is -1.16. The summed E-state index contributed by atoms with van der Waals surface area (Å²) in [6.07, 6.45) is 5.48. The van der Waals surface area contributed by atoms with Gasteiger partial charge in [0.05, 0.1) is 11.8 Å². The van der Waals surface area contributed by atoms with E-state index in [-0.39, 0.29) is 35.5 Å². The van der Waals surface area contributed by atoms with Crippen LogP contribution in [0.25, 0.3) is 0 Å². The third-order valence-electron chi connectivity index (χ3n) is 4.70. The van der Waals surface area contributed by atoms with E-state index in [0.29, 0.717) is 11.8 Å². The van der Waals surface area contributed by atoms with Crippen LogP contribution in [0.2, 0.25) is 0 Å². The largest absolute Gasteiger partial charge is 0.273 e. The van der Waals surface area contributed by atoms with Crippen molar-refractivity contribution in [1.29, 1.82) is 0 Å². The van der Waals surface area contributed by atoms with Gasteiger partial charge in [-0.1, -0.05) is 12.2 Å². The summed E-state index contributed by atoms with van der Waals surface area (Å²) in [6.45, 7) is 0. The van der Waals surface area contributed by atoms with Gasteiger partial charge in [-0.3, -0.25) is 9.59 Å². The molecule has 0 aromatic carbocycles. The maximum Gasteiger partial charge on any atom is 0.248 e. The fourth-order valence-corrected chi connectivity index (χ4v) is 3.98. The minimum atomic E-state index is -0.158. The predicted octanol–water partition coefficient (Wildman–Crippen LogP) is -0.0868. The molecule has 4 heteroatoms. The van der Waals surface area contributed by atoms with E-state index in [1.54, 1.807) is 0 Å². The van der Waals surface area contributed by atoms with Crippen LogP contribution in [0, 0.1) is 35.5 Å². The molecule has 5 rings (SSSR count). The number of imide groups is 1. The highest BCUT2D eigenvalue weighted by molar-refractivity contribution is 6.05. The fourth-order valence-electron chi connectivity index (χ4n) is 3.98. The molecular weight excluding hydrogens is 192 g/mol. The Morgan fingerprint density at radius 1 is 1.07 bits per heavy atom. The van der Waals surface area contributed by atoms with Crippen LogP contribution in [0.3, 0.4) is 0 Å². The van der Waals surface area contributed by atoms with Crippen molar-refractivity contribution in [2.24, 2.45) is 41.4 Å². The van der Waals surface area contributed by atoms with Gasteiger partial charge in [0.1, 0.15) is 0 Å². The first kappa shape index (κ1) is 8.05. The summed E-state index contributed by atoms with van der Waals surface area (Å²) in [4.78, 5) is 23.7. The van der Waals surface area contributed by atoms with E-state index >= 15 is 0 Å². The third kappa shape index (κ3) is 0.718. The van der Waals surface area contributed by atoms with Gasteiger partial charge < -0.3 is 0 Å². The van der Waals surface area contributed by atoms with Crippen LogP contribution >= 0.6 is 0 Å². The van der Waals surface area contributed by atoms with Crippen LogP contribution in [-0.4, -0.2) is 16.8 Å². The van der Waals surface area contributed by atoms with Gasteiger partial charge in [0.15, 0.2) is 0 Å². The lowest BCUT2D eigenvalue weighted by Gasteiger charge is -2.37. The molecule has 15 heavy (non-hydrogen) atoms. The minimum absolute atomic E-state index is 0.138. The maximum atomic E-state index is 11.9. The molecule has 0 aromatic heterocycles. The van der Waals surface area contributed by atoms with Gasteiger partial charge in [0.25, 0.3) is 0 Å². The van der Waals surface area contributed by atoms with Crippen molar-refractivity contribution in [3.63, 3.8) is 0 Å². The number of nitrogens with two attached hydrogens (primary N) is 1. The Labute approximate surface area is 87.1 Å². The average molecular weight is 204 g/mol. The molecule has 1 heterocycles. The summed E-state index contributed by atoms with van der Waals surface area (Å²) in [7, 11) is 0. The molecule has 5 aliphatic rings. The van der Waals surface area contributed by atoms with E-state index in [1.165, 1.54) is 6.42 Å². The molecule has 4 nitrogen and oxygen atoms in total. The zero-order chi connectivity index (χ0) is 10.3. The van der Waals surface area contributed by atoms with Crippen molar-refractivity contribution in [2.45, 2.75) is 6.42 Å². The molecule has 2 bridgehead atoms. The molecule has 4 aliphatic carbocycles. The summed E-state index contributed by atoms with van der Waals surface area (Å²) < 4.78 is 0. The molecule has 3 fully saturated rings. The molecule has 2 saturated carbocycles. The second-order valence-electron chi connectivity index (χ2n) is 5.20. The molecule has 2 N–H and O–H groups in total. The number of nitrogens with zero attached hydrogens (tertiary/aromatic N) is 1. The van der Waals surface area contributed by atoms with Crippen molar-refractivity contribution < 1.29 is 9.59 Å². The second-order valence-corrected chi connectivity index (χ2v) is 5.20. The highest BCUT2D eigenvalue weighted by atomic mass is 16.2. The molecule has 0 aromatic rings. The number of allylic oxidation sites excluding steroid dienone is 2. The standard InChI is InChI=1S/C11H12N2O2/c12-13-10(14)8-4-1-2-5(7-3-6(4)7)9(8)11(13)15/h1-2,4-9H,3,12H2/t4-,5-,6+,7+,8-,9-/m1/s1. The molecule has 6 atom stereocenters. The highest BCUT2D eigenvalue weighted by Gasteiger charge is 2.66. The summed E-state index contributed by atoms with van der Waals surface area (Å²) in [5.74, 6) is 6.80. The number of carbonyl (C=O) groups excluding carboxylic acids is 2. The van der Waals surface area contributed by atoms with Gasteiger partial charge in [-0.2, -0.15) is 0 Å². The smallest absolute Gasteiger partial charge is 0.248 e. The van der Waals surface area contributed by atoms with E-state index in [1.807, 2.05) is 0 Å². The lowest BCUT2D eigenvalue weighted by molar-refractivity contribution is -0.140. The van der Waals surface area contributed by atoms with Gasteiger partial charge in [0, 0.05) is 0 Å². The van der Waals surface area contributed by atoms with Gasteiger partial charge in [0.2, 0.25) is 11.8 Å². The van der Waals surface area contributed by atoms with E-state index in [4.69, 9.17) is 5.84 Å². The SMILES string of the molecule is NN1C(=O)[C@@H]2[C@@H]3C=C[C@H]([C@@H]4C[C@@H]34)[C@H]2C1=O. The first-order chi connectivity index (χ1) is 7.20. The minimum Gasteiger partial charge on any atom is -0.273 e. The molecular formula is C11H12N2O2. The molecule has 0 spiro atoms. The Kier molecular flexibility index (Phi) is 1.16. The summed E-state index contributed by atoms with van der Waals surface area (Å²) in [5, 5.41) is 0.854. The predicted molar refractivity (Wildman–Crippen MR) is 50.7 cm³/mol. The van der Waals surface area contributed by atoms with Crippen LogP contribution in [0.5, 0.6) is 0 Å². The van der Waals surface area contributed by atoms with E-state index in [0.717, 1.165) is 5.01 Å². The summed E-state index contributed by atoms with van der Waals surface area (Å²) >= 11 is 0. The lowest BCUT2D eigenvalue weighted by atomic mass is 9.63. The van der Waals surface area contributed by atoms with Crippen molar-refractivity contribution >= 4 is 11.8 Å². The zero-order valence-corrected chi connectivity index (χ0v) is 8.17. The molecule has 1 aliphatic heterocycles. The van der Waals surface area contributed by atoms with Gasteiger partial charge in [-0.25, -0.2) is 10.9 Å². The van der Waals surface area contributed by atoms with Crippen LogP contribution < -0.4 is 5.84 Å². The van der Waals surface area contributed by atoms with Gasteiger partial charge >= 0.3 is 0 Å². The number of hydrazine groups is 1. The van der Waals surface area contributed by atoms with Crippen molar-refractivity contribution in [3.05, 3.63) is 12.2 Å². The first-order valence-corrected chi connectivity index (χ1v) is 5.51. The number of hydrogen-bond acceptors (Lipinski definition) is 3. The zero-order valence-electron chi connectivity index (χ0n) is 8.17. The fraction of sp³-hybridized carbons (Fsp3) is 0.636. The second kappa shape index (κ2) is 2.16. The van der Waals surface area contributed by atoms with Crippen LogP contribution in [0.15, 0.2) is 12.2 Å². The third-order valence-corrected chi connectivity index (χ3v) is 4.70. The van der Waals surface area contributed by atoms with Gasteiger partial charge in [-0.05, 0) is 30.1 Å². The van der Waals surface area contributed by atoms with Crippen LogP contribution in [0.4, 0.5) is 0 Å². The normalized spacial score (nSPS) is 54.6. The molecule has 78 valence electrons. The highest BCUT2D eigenvalue weighted by Crippen LogP contribution is 2.65. The molecule has 1 saturated heterocycles. The molecule has 0 unspecified atom stereocenters. The number of carbonyl (C=O) groups is 2. The van der Waals surface area contributed by atoms with Crippen LogP contribution in [0.1, 0.15) is 6.42 Å². The average Bonchev–Trinajstić information content (AvgIpc) is 3.02. The van der Waals surface area contributed by atoms with Crippen molar-refractivity contribution in [2.75, 3.05) is 0 Å². The number of hydrogen-bond donors (Lipinski definition) is 1. The van der Waals surface area contributed by atoms with Crippen molar-refractivity contribution in [3.8, 4) is 0 Å². The summed E-state index contributed by atoms with van der Waals surface area (Å²) in [5.41, 5.74) is 0. The Balaban J connectivity index is 1.86. The van der Waals surface area contributed by atoms with Crippen LogP contribution in [-0.2, 0) is 9.59 Å². The lowest BCUT2D eigenvalue weighted by Crippen LogP contribution is -2.40. The molecule has 2 amide bonds. The Bertz CT molecular complexity index is 381. The first-order valence-electron chi connectivity index (χ1n) is 5.51. The Morgan fingerprint density at radius 3 is 2.00 bits per heavy atom. The topological polar surface area (TPSA) is 63.4 Å². The van der Waals surface area contributed by atoms with E-state index in [9.17, 15) is 9.59 Å². The van der Waals surface area contributed by atoms with E-state index in [2.05, 4.69) is 12.2 Å². The monoisotopic (exact) mass is 204 g/mol. The quantitative estimate of drug-likeness (QED) is 0.260. The summed E-state index contributed by atoms with van der Waals surface area (Å²) in [6, 6.07) is 0. The van der Waals surface area contributed by atoms with Crippen molar-refractivity contribution in [1.82, 2.24) is 5.01 Å².